The van der Waals surface area contributed by atoms with Crippen LogP contribution < -0.4 is 15.4 Å². The number of imidazole rings is 1. The van der Waals surface area contributed by atoms with Crippen molar-refractivity contribution in [3.8, 4) is 11.4 Å². The molecule has 0 radical (unpaired) electrons. The molecule has 5 heterocycles. The van der Waals surface area contributed by atoms with E-state index in [0.717, 1.165) is 25.7 Å². The average molecular weight is 629 g/mol. The molecule has 1 saturated heterocycles. The zero-order valence-corrected chi connectivity index (χ0v) is 25.2. The summed E-state index contributed by atoms with van der Waals surface area (Å²) < 4.78 is 55.8. The Morgan fingerprint density at radius 3 is 2.59 bits per heavy atom. The summed E-state index contributed by atoms with van der Waals surface area (Å²) in [4.78, 5) is 36.3. The van der Waals surface area contributed by atoms with Gasteiger partial charge in [0, 0.05) is 49.7 Å². The van der Waals surface area contributed by atoms with Crippen LogP contribution in [-0.2, 0) is 27.9 Å². The normalized spacial score (nSPS) is 17.5. The highest BCUT2D eigenvalue weighted by atomic mass is 32.2. The number of sulfonamides is 1. The van der Waals surface area contributed by atoms with E-state index in [1.165, 1.54) is 13.0 Å². The van der Waals surface area contributed by atoms with E-state index in [4.69, 9.17) is 10.7 Å². The number of hydrogen-bond donors (Lipinski definition) is 2. The molecule has 2 aliphatic rings. The molecule has 15 heteroatoms. The zero-order chi connectivity index (χ0) is 31.3. The second kappa shape index (κ2) is 11.4. The van der Waals surface area contributed by atoms with E-state index >= 15 is 0 Å². The van der Waals surface area contributed by atoms with E-state index in [1.54, 1.807) is 29.3 Å². The van der Waals surface area contributed by atoms with Crippen LogP contribution in [0.15, 0.2) is 36.5 Å². The zero-order valence-electron chi connectivity index (χ0n) is 24.4. The molecular weight excluding hydrogens is 594 g/mol. The number of anilines is 1. The first kappa shape index (κ1) is 29.9. The smallest absolute Gasteiger partial charge is 0.329 e. The summed E-state index contributed by atoms with van der Waals surface area (Å²) in [5.41, 5.74) is 9.22. The molecule has 0 bridgehead atoms. The first-order valence-electron chi connectivity index (χ1n) is 14.5. The van der Waals surface area contributed by atoms with Gasteiger partial charge < -0.3 is 24.9 Å². The first-order valence-corrected chi connectivity index (χ1v) is 16.3. The van der Waals surface area contributed by atoms with E-state index < -0.39 is 16.6 Å². The Morgan fingerprint density at radius 2 is 1.93 bits per heavy atom. The molecular formula is C29H34F2N8O4S. The number of piperidine rings is 1. The third kappa shape index (κ3) is 5.85. The fourth-order valence-corrected chi connectivity index (χ4v) is 6.51. The summed E-state index contributed by atoms with van der Waals surface area (Å²) in [7, 11) is -4.30. The Morgan fingerprint density at radius 1 is 1.16 bits per heavy atom. The van der Waals surface area contributed by atoms with E-state index in [9.17, 15) is 26.8 Å². The van der Waals surface area contributed by atoms with Gasteiger partial charge in [-0.05, 0) is 61.9 Å². The van der Waals surface area contributed by atoms with Gasteiger partial charge >= 0.3 is 6.55 Å². The van der Waals surface area contributed by atoms with Crippen LogP contribution in [0.5, 0.6) is 0 Å². The van der Waals surface area contributed by atoms with Crippen LogP contribution in [0.25, 0.3) is 28.1 Å². The number of nitrogens with one attached hydrogen (secondary N) is 1. The molecule has 12 nitrogen and oxygen atoms in total. The lowest BCUT2D eigenvalue weighted by atomic mass is 10.1. The second-order valence-electron chi connectivity index (χ2n) is 11.6. The predicted molar refractivity (Wildman–Crippen MR) is 161 cm³/mol. The number of aromatic nitrogens is 4. The number of alkyl halides is 2. The third-order valence-electron chi connectivity index (χ3n) is 8.09. The van der Waals surface area contributed by atoms with Gasteiger partial charge in [0.1, 0.15) is 22.8 Å². The number of amides is 2. The number of carbonyl (C=O) groups excluding carboxylic acids is 2. The lowest BCUT2D eigenvalue weighted by Crippen LogP contribution is -2.45. The number of carbonyl (C=O) groups is 2. The lowest BCUT2D eigenvalue weighted by molar-refractivity contribution is -0.119. The molecule has 2 fully saturated rings. The predicted octanol–water partition coefficient (Wildman–Crippen LogP) is 2.95. The largest absolute Gasteiger partial charge is 0.351 e. The highest BCUT2D eigenvalue weighted by Gasteiger charge is 2.31. The fourth-order valence-electron chi connectivity index (χ4n) is 5.78. The number of fused-ring (bicyclic) bond motifs is 2. The summed E-state index contributed by atoms with van der Waals surface area (Å²) >= 11 is 0. The minimum atomic E-state index is -4.30. The van der Waals surface area contributed by atoms with Crippen molar-refractivity contribution in [3.05, 3.63) is 47.8 Å². The maximum atomic E-state index is 13.8. The highest BCUT2D eigenvalue weighted by molar-refractivity contribution is 7.92. The number of nitrogens with two attached hydrogens (primary N) is 1. The maximum absolute atomic E-state index is 13.8. The van der Waals surface area contributed by atoms with Crippen LogP contribution >= 0.6 is 0 Å². The number of nitrogens with zero attached hydrogens (tertiary/aromatic N) is 6. The van der Waals surface area contributed by atoms with Crippen LogP contribution in [0, 0.1) is 5.92 Å². The van der Waals surface area contributed by atoms with Gasteiger partial charge in [-0.25, -0.2) is 18.4 Å². The third-order valence-corrected chi connectivity index (χ3v) is 9.15. The molecule has 0 aromatic carbocycles. The number of rotatable bonds is 9. The van der Waals surface area contributed by atoms with Crippen LogP contribution in [0.1, 0.15) is 48.7 Å². The molecule has 1 aliphatic heterocycles. The van der Waals surface area contributed by atoms with Crippen LogP contribution in [0.4, 0.5) is 14.6 Å². The van der Waals surface area contributed by atoms with Gasteiger partial charge in [0.05, 0.1) is 24.2 Å². The Bertz CT molecular complexity index is 1870. The fraction of sp³-hybridized carbons (Fsp3) is 0.448. The van der Waals surface area contributed by atoms with E-state index in [0.29, 0.717) is 71.1 Å². The molecule has 44 heavy (non-hydrogen) atoms. The Hall–Kier alpha value is -4.11. The van der Waals surface area contributed by atoms with Gasteiger partial charge in [-0.3, -0.25) is 9.59 Å². The van der Waals surface area contributed by atoms with Crippen molar-refractivity contribution in [2.45, 2.75) is 58.3 Å². The van der Waals surface area contributed by atoms with Gasteiger partial charge in [-0.2, -0.15) is 13.1 Å². The molecule has 0 spiro atoms. The summed E-state index contributed by atoms with van der Waals surface area (Å²) in [5.74, 6) is -0.417. The standard InChI is InChI=1S/C29H34F2N8O4S/c1-17(40)33-14-23-26(34-25-13-20(9-11-37(23)25)28(41)36-10-3-4-21(32)16-36)22-12-19-7-8-24(39(29(30)31)44(2,42)43)35-27(19)38(22)15-18-5-6-18/h7-9,11-13,18,21,29H,3-6,10,14-16,32H2,1-2H3,(H,33,40)/t21-/m1/s1. The van der Waals surface area contributed by atoms with Crippen molar-refractivity contribution in [3.63, 3.8) is 0 Å². The monoisotopic (exact) mass is 628 g/mol. The van der Waals surface area contributed by atoms with Crippen molar-refractivity contribution in [2.24, 2.45) is 11.7 Å². The maximum Gasteiger partial charge on any atom is 0.329 e. The SMILES string of the molecule is CC(=O)NCc1c(-c2cc3ccc(N(C(F)F)S(C)(=O)=O)nc3n2CC2CC2)nc2cc(C(=O)N3CCC[C@@H](N)C3)ccn12. The van der Waals surface area contributed by atoms with Gasteiger partial charge in [0.2, 0.25) is 15.9 Å². The quantitative estimate of drug-likeness (QED) is 0.271. The van der Waals surface area contributed by atoms with Crippen molar-refractivity contribution in [2.75, 3.05) is 23.7 Å². The molecule has 4 aromatic heterocycles. The molecule has 6 rings (SSSR count). The number of likely N-dealkylation sites (tertiary alicyclic amines) is 1. The molecule has 1 atom stereocenters. The second-order valence-corrected chi connectivity index (χ2v) is 13.5. The molecule has 234 valence electrons. The molecule has 1 aliphatic carbocycles. The first-order chi connectivity index (χ1) is 20.9. The van der Waals surface area contributed by atoms with Crippen molar-refractivity contribution >= 4 is 44.3 Å². The number of hydrogen-bond acceptors (Lipinski definition) is 7. The average Bonchev–Trinajstić information content (AvgIpc) is 3.61. The lowest BCUT2D eigenvalue weighted by Gasteiger charge is -2.30. The van der Waals surface area contributed by atoms with E-state index in [2.05, 4.69) is 10.3 Å². The molecule has 1 saturated carbocycles. The van der Waals surface area contributed by atoms with Gasteiger partial charge in [0.15, 0.2) is 0 Å². The van der Waals surface area contributed by atoms with Crippen LogP contribution in [-0.4, -0.2) is 76.0 Å². The van der Waals surface area contributed by atoms with E-state index in [-0.39, 0.29) is 34.5 Å². The summed E-state index contributed by atoms with van der Waals surface area (Å²) in [6.07, 6.45) is 6.14. The summed E-state index contributed by atoms with van der Waals surface area (Å²) in [6.45, 7) is -0.122. The minimum Gasteiger partial charge on any atom is -0.351 e. The number of pyridine rings is 2. The van der Waals surface area contributed by atoms with Crippen molar-refractivity contribution in [1.29, 1.82) is 0 Å². The molecule has 2 amide bonds. The van der Waals surface area contributed by atoms with Crippen molar-refractivity contribution in [1.82, 2.24) is 29.2 Å². The van der Waals surface area contributed by atoms with Gasteiger partial charge in [-0.15, -0.1) is 0 Å². The molecule has 0 unspecified atom stereocenters. The minimum absolute atomic E-state index is 0.00144. The molecule has 3 N–H and O–H groups in total. The number of halogens is 2. The molecule has 4 aromatic rings. The Labute approximate surface area is 252 Å². The van der Waals surface area contributed by atoms with Crippen LogP contribution in [0.3, 0.4) is 0 Å². The Balaban J connectivity index is 1.49. The van der Waals surface area contributed by atoms with E-state index in [1.807, 2.05) is 15.0 Å². The summed E-state index contributed by atoms with van der Waals surface area (Å²) in [6, 6.07) is 8.02. The van der Waals surface area contributed by atoms with Gasteiger partial charge in [-0.1, -0.05) is 0 Å². The highest BCUT2D eigenvalue weighted by Crippen LogP contribution is 2.37. The van der Waals surface area contributed by atoms with Crippen LogP contribution in [0.2, 0.25) is 0 Å². The summed E-state index contributed by atoms with van der Waals surface area (Å²) in [5, 5.41) is 3.45. The van der Waals surface area contributed by atoms with Gasteiger partial charge in [0.25, 0.3) is 5.91 Å². The Kier molecular flexibility index (Phi) is 7.78. The van der Waals surface area contributed by atoms with Crippen molar-refractivity contribution < 1.29 is 26.8 Å². The topological polar surface area (TPSA) is 148 Å².